The van der Waals surface area contributed by atoms with Crippen molar-refractivity contribution in [1.29, 1.82) is 0 Å². The van der Waals surface area contributed by atoms with Gasteiger partial charge in [0.05, 0.1) is 6.42 Å². The summed E-state index contributed by atoms with van der Waals surface area (Å²) in [5.41, 5.74) is 2.94. The van der Waals surface area contributed by atoms with Crippen LogP contribution >= 0.6 is 23.2 Å². The largest absolute Gasteiger partial charge is 0.481 e. The van der Waals surface area contributed by atoms with Crippen LogP contribution in [0.2, 0.25) is 10.0 Å². The molecule has 0 saturated carbocycles. The molecular formula is C21H22Cl2N2O3. The molecule has 1 atom stereocenters. The number of benzene rings is 2. The minimum absolute atomic E-state index is 0.0163. The molecule has 148 valence electrons. The summed E-state index contributed by atoms with van der Waals surface area (Å²) in [5, 5.41) is 10.3. The zero-order valence-corrected chi connectivity index (χ0v) is 17.1. The van der Waals surface area contributed by atoms with Crippen LogP contribution in [0, 0.1) is 12.8 Å². The molecule has 1 aliphatic rings. The van der Waals surface area contributed by atoms with E-state index in [1.165, 1.54) is 0 Å². The highest BCUT2D eigenvalue weighted by Gasteiger charge is 2.33. The van der Waals surface area contributed by atoms with Crippen LogP contribution in [-0.4, -0.2) is 40.0 Å². The predicted octanol–water partition coefficient (Wildman–Crippen LogP) is 4.83. The van der Waals surface area contributed by atoms with Crippen molar-refractivity contribution in [2.75, 3.05) is 13.1 Å². The van der Waals surface area contributed by atoms with Crippen LogP contribution in [0.25, 0.3) is 0 Å². The zero-order valence-electron chi connectivity index (χ0n) is 15.6. The van der Waals surface area contributed by atoms with Crippen molar-refractivity contribution < 1.29 is 14.7 Å². The number of carboxylic acid groups (broad SMARTS) is 1. The summed E-state index contributed by atoms with van der Waals surface area (Å²) in [6, 6.07) is 13.0. The van der Waals surface area contributed by atoms with Gasteiger partial charge in [-0.15, -0.1) is 0 Å². The first-order valence-electron chi connectivity index (χ1n) is 9.07. The second-order valence-electron chi connectivity index (χ2n) is 7.17. The summed E-state index contributed by atoms with van der Waals surface area (Å²) in [6.45, 7) is 3.57. The lowest BCUT2D eigenvalue weighted by atomic mass is 10.00. The van der Waals surface area contributed by atoms with Crippen LogP contribution in [0.4, 0.5) is 4.79 Å². The summed E-state index contributed by atoms with van der Waals surface area (Å²) in [5.74, 6) is -1.01. The van der Waals surface area contributed by atoms with Crippen molar-refractivity contribution in [2.45, 2.75) is 26.4 Å². The molecule has 2 aromatic rings. The number of rotatable bonds is 6. The Bertz CT molecular complexity index is 888. The molecule has 2 aromatic carbocycles. The van der Waals surface area contributed by atoms with Gasteiger partial charge in [0.15, 0.2) is 0 Å². The quantitative estimate of drug-likeness (QED) is 0.727. The average molecular weight is 421 g/mol. The van der Waals surface area contributed by atoms with Gasteiger partial charge in [-0.25, -0.2) is 4.79 Å². The van der Waals surface area contributed by atoms with Crippen molar-refractivity contribution in [1.82, 2.24) is 9.80 Å². The molecular weight excluding hydrogens is 399 g/mol. The molecule has 28 heavy (non-hydrogen) atoms. The smallest absolute Gasteiger partial charge is 0.320 e. The number of urea groups is 1. The molecule has 0 spiro atoms. The number of nitrogens with zero attached hydrogens (tertiary/aromatic N) is 2. The first-order chi connectivity index (χ1) is 13.3. The van der Waals surface area contributed by atoms with Crippen molar-refractivity contribution in [3.63, 3.8) is 0 Å². The maximum Gasteiger partial charge on any atom is 0.320 e. The van der Waals surface area contributed by atoms with Gasteiger partial charge in [-0.2, -0.15) is 0 Å². The normalized spacial score (nSPS) is 17.1. The molecule has 1 heterocycles. The second kappa shape index (κ2) is 8.84. The summed E-state index contributed by atoms with van der Waals surface area (Å²) in [6.07, 6.45) is 0.0163. The number of hydrogen-bond acceptors (Lipinski definition) is 2. The van der Waals surface area contributed by atoms with Crippen LogP contribution in [0.1, 0.15) is 23.1 Å². The predicted molar refractivity (Wildman–Crippen MR) is 110 cm³/mol. The van der Waals surface area contributed by atoms with Crippen molar-refractivity contribution >= 4 is 35.2 Å². The Kier molecular flexibility index (Phi) is 6.47. The fraction of sp³-hybridized carbons (Fsp3) is 0.333. The molecule has 1 fully saturated rings. The number of aryl methyl sites for hydroxylation is 1. The molecule has 1 N–H and O–H groups in total. The van der Waals surface area contributed by atoms with Crippen LogP contribution in [0.3, 0.4) is 0 Å². The number of hydrogen-bond donors (Lipinski definition) is 1. The Hall–Kier alpha value is -2.24. The highest BCUT2D eigenvalue weighted by atomic mass is 35.5. The van der Waals surface area contributed by atoms with Crippen molar-refractivity contribution in [3.05, 3.63) is 69.2 Å². The molecule has 0 radical (unpaired) electrons. The van der Waals surface area contributed by atoms with Gasteiger partial charge >= 0.3 is 12.0 Å². The highest BCUT2D eigenvalue weighted by Crippen LogP contribution is 2.26. The number of halogens is 2. The third-order valence-electron chi connectivity index (χ3n) is 4.96. The Balaban J connectivity index is 1.82. The lowest BCUT2D eigenvalue weighted by Gasteiger charge is -2.40. The monoisotopic (exact) mass is 420 g/mol. The minimum Gasteiger partial charge on any atom is -0.481 e. The number of carbonyl (C=O) groups is 2. The average Bonchev–Trinajstić information content (AvgIpc) is 2.62. The van der Waals surface area contributed by atoms with Gasteiger partial charge in [0.2, 0.25) is 0 Å². The maximum absolute atomic E-state index is 13.1. The standard InChI is InChI=1S/C21H22Cl2N2O3/c1-14-4-2-3-5-16(14)12-24-10-15(8-20(26)27)11-25(21(24)28)13-17-6-7-18(22)9-19(17)23/h2-7,9,15H,8,10-13H2,1H3,(H,26,27). The van der Waals surface area contributed by atoms with Crippen LogP contribution in [-0.2, 0) is 17.9 Å². The van der Waals surface area contributed by atoms with Gasteiger partial charge < -0.3 is 14.9 Å². The fourth-order valence-corrected chi connectivity index (χ4v) is 3.99. The highest BCUT2D eigenvalue weighted by molar-refractivity contribution is 6.35. The van der Waals surface area contributed by atoms with Gasteiger partial charge in [-0.05, 0) is 35.7 Å². The van der Waals surface area contributed by atoms with E-state index in [4.69, 9.17) is 23.2 Å². The SMILES string of the molecule is Cc1ccccc1CN1CC(CC(=O)O)CN(Cc2ccc(Cl)cc2Cl)C1=O. The topological polar surface area (TPSA) is 60.9 Å². The molecule has 0 aromatic heterocycles. The van der Waals surface area contributed by atoms with E-state index < -0.39 is 5.97 Å². The van der Waals surface area contributed by atoms with Gasteiger partial charge in [0, 0.05) is 42.1 Å². The molecule has 1 unspecified atom stereocenters. The van der Waals surface area contributed by atoms with E-state index in [9.17, 15) is 14.7 Å². The maximum atomic E-state index is 13.1. The molecule has 1 aliphatic heterocycles. The van der Waals surface area contributed by atoms with Gasteiger partial charge in [0.25, 0.3) is 0 Å². The van der Waals surface area contributed by atoms with E-state index >= 15 is 0 Å². The Morgan fingerprint density at radius 1 is 1.07 bits per heavy atom. The van der Waals surface area contributed by atoms with E-state index in [0.717, 1.165) is 16.7 Å². The van der Waals surface area contributed by atoms with Crippen molar-refractivity contribution in [3.8, 4) is 0 Å². The van der Waals surface area contributed by atoms with Crippen LogP contribution < -0.4 is 0 Å². The van der Waals surface area contributed by atoms with Crippen molar-refractivity contribution in [2.24, 2.45) is 5.92 Å². The van der Waals surface area contributed by atoms with E-state index in [1.54, 1.807) is 28.0 Å². The van der Waals surface area contributed by atoms with E-state index in [0.29, 0.717) is 36.2 Å². The zero-order chi connectivity index (χ0) is 20.3. The molecule has 0 bridgehead atoms. The number of carbonyl (C=O) groups excluding carboxylic acids is 1. The van der Waals surface area contributed by atoms with Crippen LogP contribution in [0.5, 0.6) is 0 Å². The fourth-order valence-electron chi connectivity index (χ4n) is 3.53. The number of amides is 2. The van der Waals surface area contributed by atoms with E-state index in [-0.39, 0.29) is 18.4 Å². The Labute approximate surface area is 174 Å². The van der Waals surface area contributed by atoms with Gasteiger partial charge in [-0.1, -0.05) is 53.5 Å². The molecule has 3 rings (SSSR count). The lowest BCUT2D eigenvalue weighted by molar-refractivity contribution is -0.138. The summed E-state index contributed by atoms with van der Waals surface area (Å²) >= 11 is 12.2. The minimum atomic E-state index is -0.861. The molecule has 7 heteroatoms. The Morgan fingerprint density at radius 3 is 2.32 bits per heavy atom. The molecule has 0 aliphatic carbocycles. The number of carboxylic acids is 1. The van der Waals surface area contributed by atoms with Crippen LogP contribution in [0.15, 0.2) is 42.5 Å². The molecule has 1 saturated heterocycles. The Morgan fingerprint density at radius 2 is 1.71 bits per heavy atom. The van der Waals surface area contributed by atoms with Gasteiger partial charge in [-0.3, -0.25) is 4.79 Å². The molecule has 5 nitrogen and oxygen atoms in total. The summed E-state index contributed by atoms with van der Waals surface area (Å²) in [4.78, 5) is 27.8. The summed E-state index contributed by atoms with van der Waals surface area (Å²) < 4.78 is 0. The second-order valence-corrected chi connectivity index (χ2v) is 8.01. The first-order valence-corrected chi connectivity index (χ1v) is 9.83. The summed E-state index contributed by atoms with van der Waals surface area (Å²) in [7, 11) is 0. The lowest BCUT2D eigenvalue weighted by Crippen LogP contribution is -2.53. The number of aliphatic carboxylic acids is 1. The molecule has 2 amide bonds. The third-order valence-corrected chi connectivity index (χ3v) is 5.55. The third kappa shape index (κ3) is 4.97. The van der Waals surface area contributed by atoms with E-state index in [1.807, 2.05) is 31.2 Å². The first kappa shape index (κ1) is 20.5. The van der Waals surface area contributed by atoms with E-state index in [2.05, 4.69) is 0 Å². The van der Waals surface area contributed by atoms with Gasteiger partial charge in [0.1, 0.15) is 0 Å².